The van der Waals surface area contributed by atoms with Gasteiger partial charge in [-0.25, -0.2) is 15.0 Å². The average Bonchev–Trinajstić information content (AvgIpc) is 2.98. The highest BCUT2D eigenvalue weighted by molar-refractivity contribution is 7.15. The molecule has 0 unspecified atom stereocenters. The molecule has 2 aromatic rings. The number of nitrogens with one attached hydrogen (secondary N) is 1. The standard InChI is InChI=1S/C14H19N5S/c1-9-7-15-14(20-9)18-13-6-12(16-10(2)17-13)11-4-5-19(3)8-11/h6-7,11H,4-5,8H2,1-3H3,(H,15,16,17,18)/t11-/m1/s1. The summed E-state index contributed by atoms with van der Waals surface area (Å²) in [6.45, 7) is 6.21. The minimum Gasteiger partial charge on any atom is -0.316 e. The van der Waals surface area contributed by atoms with E-state index in [1.54, 1.807) is 11.3 Å². The quantitative estimate of drug-likeness (QED) is 0.941. The van der Waals surface area contributed by atoms with Crippen molar-refractivity contribution in [2.45, 2.75) is 26.2 Å². The van der Waals surface area contributed by atoms with Gasteiger partial charge in [0.2, 0.25) is 0 Å². The summed E-state index contributed by atoms with van der Waals surface area (Å²) in [5.74, 6) is 2.17. The second kappa shape index (κ2) is 5.46. The Morgan fingerprint density at radius 1 is 1.35 bits per heavy atom. The first-order valence-corrected chi connectivity index (χ1v) is 7.65. The fraction of sp³-hybridized carbons (Fsp3) is 0.500. The second-order valence-electron chi connectivity index (χ2n) is 5.37. The molecule has 20 heavy (non-hydrogen) atoms. The summed E-state index contributed by atoms with van der Waals surface area (Å²) in [4.78, 5) is 16.9. The van der Waals surface area contributed by atoms with Gasteiger partial charge in [-0.15, -0.1) is 11.3 Å². The van der Waals surface area contributed by atoms with Crippen LogP contribution in [0.15, 0.2) is 12.3 Å². The molecule has 5 nitrogen and oxygen atoms in total. The zero-order chi connectivity index (χ0) is 14.1. The van der Waals surface area contributed by atoms with E-state index in [4.69, 9.17) is 0 Å². The molecule has 1 aliphatic heterocycles. The molecular weight excluding hydrogens is 270 g/mol. The van der Waals surface area contributed by atoms with E-state index in [2.05, 4.69) is 38.3 Å². The maximum absolute atomic E-state index is 4.60. The topological polar surface area (TPSA) is 53.9 Å². The van der Waals surface area contributed by atoms with Crippen molar-refractivity contribution in [2.75, 3.05) is 25.5 Å². The highest BCUT2D eigenvalue weighted by Gasteiger charge is 2.23. The van der Waals surface area contributed by atoms with Crippen LogP contribution in [-0.4, -0.2) is 40.0 Å². The Hall–Kier alpha value is -1.53. The maximum atomic E-state index is 4.60. The van der Waals surface area contributed by atoms with Crippen LogP contribution in [0.5, 0.6) is 0 Å². The van der Waals surface area contributed by atoms with E-state index >= 15 is 0 Å². The van der Waals surface area contributed by atoms with E-state index < -0.39 is 0 Å². The van der Waals surface area contributed by atoms with Crippen LogP contribution in [-0.2, 0) is 0 Å². The lowest BCUT2D eigenvalue weighted by Gasteiger charge is -2.12. The van der Waals surface area contributed by atoms with Gasteiger partial charge in [0.05, 0.1) is 5.69 Å². The van der Waals surface area contributed by atoms with Gasteiger partial charge in [-0.2, -0.15) is 0 Å². The van der Waals surface area contributed by atoms with E-state index in [-0.39, 0.29) is 0 Å². The highest BCUT2D eigenvalue weighted by Crippen LogP contribution is 2.27. The number of likely N-dealkylation sites (N-methyl/N-ethyl adjacent to an activating group) is 1. The fourth-order valence-corrected chi connectivity index (χ4v) is 3.23. The third-order valence-electron chi connectivity index (χ3n) is 3.52. The van der Waals surface area contributed by atoms with Crippen LogP contribution in [0.4, 0.5) is 10.9 Å². The van der Waals surface area contributed by atoms with E-state index in [0.717, 1.165) is 35.6 Å². The number of aryl methyl sites for hydroxylation is 2. The van der Waals surface area contributed by atoms with Gasteiger partial charge in [0.25, 0.3) is 0 Å². The van der Waals surface area contributed by atoms with Gasteiger partial charge < -0.3 is 10.2 Å². The summed E-state index contributed by atoms with van der Waals surface area (Å²) in [5.41, 5.74) is 1.14. The molecule has 0 aliphatic carbocycles. The number of nitrogens with zero attached hydrogens (tertiary/aromatic N) is 4. The molecule has 1 saturated heterocycles. The fourth-order valence-electron chi connectivity index (χ4n) is 2.56. The smallest absolute Gasteiger partial charge is 0.188 e. The molecule has 2 aromatic heterocycles. The molecule has 0 radical (unpaired) electrons. The van der Waals surface area contributed by atoms with Crippen molar-refractivity contribution in [2.24, 2.45) is 0 Å². The van der Waals surface area contributed by atoms with E-state index in [9.17, 15) is 0 Å². The molecule has 3 heterocycles. The van der Waals surface area contributed by atoms with Crippen LogP contribution in [0.2, 0.25) is 0 Å². The number of aromatic nitrogens is 3. The molecule has 106 valence electrons. The zero-order valence-corrected chi connectivity index (χ0v) is 12.9. The molecule has 1 aliphatic rings. The molecule has 0 spiro atoms. The largest absolute Gasteiger partial charge is 0.316 e. The lowest BCUT2D eigenvalue weighted by Crippen LogP contribution is -2.14. The van der Waals surface area contributed by atoms with Crippen molar-refractivity contribution in [3.05, 3.63) is 28.7 Å². The van der Waals surface area contributed by atoms with Crippen LogP contribution in [0.3, 0.4) is 0 Å². The Balaban J connectivity index is 1.83. The molecule has 1 fully saturated rings. The second-order valence-corrected chi connectivity index (χ2v) is 6.61. The van der Waals surface area contributed by atoms with Crippen molar-refractivity contribution in [1.82, 2.24) is 19.9 Å². The van der Waals surface area contributed by atoms with Gasteiger partial charge in [0.1, 0.15) is 11.6 Å². The summed E-state index contributed by atoms with van der Waals surface area (Å²) in [6.07, 6.45) is 3.04. The Morgan fingerprint density at radius 3 is 2.85 bits per heavy atom. The monoisotopic (exact) mass is 289 g/mol. The number of rotatable bonds is 3. The SMILES string of the molecule is Cc1nc(Nc2ncc(C)s2)cc([C@@H]2CCN(C)C2)n1. The normalized spacial score (nSPS) is 19.4. The summed E-state index contributed by atoms with van der Waals surface area (Å²) >= 11 is 1.64. The van der Waals surface area contributed by atoms with Gasteiger partial charge in [-0.3, -0.25) is 0 Å². The number of hydrogen-bond donors (Lipinski definition) is 1. The Kier molecular flexibility index (Phi) is 3.67. The van der Waals surface area contributed by atoms with Crippen molar-refractivity contribution < 1.29 is 0 Å². The molecule has 0 saturated carbocycles. The number of thiazole rings is 1. The predicted molar refractivity (Wildman–Crippen MR) is 81.8 cm³/mol. The van der Waals surface area contributed by atoms with Gasteiger partial charge >= 0.3 is 0 Å². The maximum Gasteiger partial charge on any atom is 0.188 e. The van der Waals surface area contributed by atoms with Crippen LogP contribution < -0.4 is 5.32 Å². The van der Waals surface area contributed by atoms with Crippen molar-refractivity contribution in [3.8, 4) is 0 Å². The molecule has 1 atom stereocenters. The molecular formula is C14H19N5S. The van der Waals surface area contributed by atoms with E-state index in [0.29, 0.717) is 5.92 Å². The van der Waals surface area contributed by atoms with Crippen molar-refractivity contribution in [1.29, 1.82) is 0 Å². The highest BCUT2D eigenvalue weighted by atomic mass is 32.1. The van der Waals surface area contributed by atoms with Crippen molar-refractivity contribution in [3.63, 3.8) is 0 Å². The minimum absolute atomic E-state index is 0.514. The summed E-state index contributed by atoms with van der Waals surface area (Å²) in [6, 6.07) is 2.06. The number of hydrogen-bond acceptors (Lipinski definition) is 6. The van der Waals surface area contributed by atoms with Gasteiger partial charge in [-0.05, 0) is 33.9 Å². The van der Waals surface area contributed by atoms with Gasteiger partial charge in [0, 0.05) is 29.6 Å². The van der Waals surface area contributed by atoms with Crippen LogP contribution in [0, 0.1) is 13.8 Å². The predicted octanol–water partition coefficient (Wildman–Crippen LogP) is 2.71. The first kappa shape index (κ1) is 13.5. The molecule has 6 heteroatoms. The lowest BCUT2D eigenvalue weighted by molar-refractivity contribution is 0.410. The molecule has 0 bridgehead atoms. The summed E-state index contributed by atoms with van der Waals surface area (Å²) in [5, 5.41) is 4.17. The Morgan fingerprint density at radius 2 is 2.20 bits per heavy atom. The molecule has 0 amide bonds. The third kappa shape index (κ3) is 2.96. The Labute approximate surface area is 123 Å². The minimum atomic E-state index is 0.514. The van der Waals surface area contributed by atoms with Gasteiger partial charge in [0.15, 0.2) is 5.13 Å². The molecule has 1 N–H and O–H groups in total. The van der Waals surface area contributed by atoms with E-state index in [1.807, 2.05) is 20.0 Å². The van der Waals surface area contributed by atoms with Crippen LogP contribution in [0.1, 0.15) is 28.7 Å². The number of anilines is 2. The summed E-state index contributed by atoms with van der Waals surface area (Å²) < 4.78 is 0. The average molecular weight is 289 g/mol. The van der Waals surface area contributed by atoms with Crippen LogP contribution in [0.25, 0.3) is 0 Å². The van der Waals surface area contributed by atoms with E-state index in [1.165, 1.54) is 11.3 Å². The summed E-state index contributed by atoms with van der Waals surface area (Å²) in [7, 11) is 2.16. The zero-order valence-electron chi connectivity index (χ0n) is 12.1. The third-order valence-corrected chi connectivity index (χ3v) is 4.35. The van der Waals surface area contributed by atoms with Gasteiger partial charge in [-0.1, -0.05) is 0 Å². The number of likely N-dealkylation sites (tertiary alicyclic amines) is 1. The first-order valence-electron chi connectivity index (χ1n) is 6.84. The van der Waals surface area contributed by atoms with Crippen molar-refractivity contribution >= 4 is 22.3 Å². The first-order chi connectivity index (χ1) is 9.60. The lowest BCUT2D eigenvalue weighted by atomic mass is 10.0. The molecule has 0 aromatic carbocycles. The molecule has 3 rings (SSSR count). The Bertz CT molecular complexity index is 609. The van der Waals surface area contributed by atoms with Crippen LogP contribution >= 0.6 is 11.3 Å².